The number of aliphatic hydroxyl groups is 1. The third-order valence-electron chi connectivity index (χ3n) is 9.22. The molecule has 9 atom stereocenters. The lowest BCUT2D eigenvalue weighted by Gasteiger charge is -2.63. The number of aliphatic hydroxyl groups excluding tert-OH is 1. The van der Waals surface area contributed by atoms with Gasteiger partial charge in [0.25, 0.3) is 0 Å². The van der Waals surface area contributed by atoms with E-state index in [0.717, 1.165) is 17.8 Å². The van der Waals surface area contributed by atoms with Crippen molar-refractivity contribution in [2.45, 2.75) is 76.9 Å². The first-order valence-electron chi connectivity index (χ1n) is 11.7. The number of ether oxygens (including phenoxy) is 1. The summed E-state index contributed by atoms with van der Waals surface area (Å²) in [6, 6.07) is 0. The Morgan fingerprint density at radius 3 is 2.59 bits per heavy atom. The molecule has 3 saturated carbocycles. The van der Waals surface area contributed by atoms with Crippen LogP contribution in [0.25, 0.3) is 0 Å². The molecule has 188 valence electrons. The predicted octanol–water partition coefficient (Wildman–Crippen LogP) is 4.70. The zero-order valence-corrected chi connectivity index (χ0v) is 21.3. The van der Waals surface area contributed by atoms with Crippen LogP contribution in [0.15, 0.2) is 23.8 Å². The lowest BCUT2D eigenvalue weighted by molar-refractivity contribution is -0.228. The summed E-state index contributed by atoms with van der Waals surface area (Å²) in [4.78, 5) is 38.0. The molecule has 1 N–H and O–H groups in total. The van der Waals surface area contributed by atoms with Crippen LogP contribution in [0.2, 0.25) is 0 Å². The van der Waals surface area contributed by atoms with Gasteiger partial charge < -0.3 is 9.84 Å². The maximum atomic E-state index is 17.3. The van der Waals surface area contributed by atoms with E-state index in [1.807, 2.05) is 0 Å². The molecule has 0 saturated heterocycles. The van der Waals surface area contributed by atoms with Gasteiger partial charge in [0, 0.05) is 29.1 Å². The number of esters is 1. The minimum atomic E-state index is -2.25. The van der Waals surface area contributed by atoms with Gasteiger partial charge in [0.15, 0.2) is 17.1 Å². The Morgan fingerprint density at radius 2 is 1.97 bits per heavy atom. The monoisotopic (exact) mass is 516 g/mol. The molecule has 5 nitrogen and oxygen atoms in total. The van der Waals surface area contributed by atoms with Crippen LogP contribution in [0, 0.1) is 28.6 Å². The molecule has 0 aromatic carbocycles. The molecule has 4 aliphatic carbocycles. The highest BCUT2D eigenvalue weighted by atomic mass is 35.5. The second-order valence-corrected chi connectivity index (χ2v) is 12.1. The molecule has 0 aromatic heterocycles. The molecule has 4 aliphatic rings. The zero-order valence-electron chi connectivity index (χ0n) is 19.8. The zero-order chi connectivity index (χ0) is 25.3. The lowest BCUT2D eigenvalue weighted by atomic mass is 9.44. The van der Waals surface area contributed by atoms with Gasteiger partial charge >= 0.3 is 5.97 Å². The van der Waals surface area contributed by atoms with Crippen LogP contribution >= 0.6 is 23.4 Å². The molecular weight excluding hydrogens is 486 g/mol. The number of thioether (sulfide) groups is 1. The van der Waals surface area contributed by atoms with Gasteiger partial charge in [-0.3, -0.25) is 14.4 Å². The van der Waals surface area contributed by atoms with E-state index >= 15 is 8.78 Å². The van der Waals surface area contributed by atoms with Crippen LogP contribution in [0.5, 0.6) is 0 Å². The van der Waals surface area contributed by atoms with Crippen molar-refractivity contribution >= 4 is 40.2 Å². The first-order valence-corrected chi connectivity index (χ1v) is 13.3. The molecule has 4 rings (SSSR count). The van der Waals surface area contributed by atoms with Gasteiger partial charge in [-0.2, -0.15) is 0 Å². The normalized spacial score (nSPS) is 47.4. The number of carbonyl (C=O) groups excluding carboxylic acids is 3. The summed E-state index contributed by atoms with van der Waals surface area (Å²) in [5.74, 6) is -2.95. The number of alkyl halides is 3. The molecule has 34 heavy (non-hydrogen) atoms. The molecule has 0 radical (unpaired) electrons. The molecular formula is C25H31ClF2O5S. The van der Waals surface area contributed by atoms with Gasteiger partial charge in [0.05, 0.1) is 11.3 Å². The summed E-state index contributed by atoms with van der Waals surface area (Å²) in [6.07, 6.45) is 0.613. The number of fused-ring (bicyclic) bond motifs is 5. The summed E-state index contributed by atoms with van der Waals surface area (Å²) in [5.41, 5.74) is -6.46. The van der Waals surface area contributed by atoms with E-state index in [1.54, 1.807) is 20.8 Å². The van der Waals surface area contributed by atoms with Crippen LogP contribution in [0.3, 0.4) is 0 Å². The van der Waals surface area contributed by atoms with Crippen LogP contribution in [0.1, 0.15) is 53.4 Å². The number of rotatable bonds is 4. The summed E-state index contributed by atoms with van der Waals surface area (Å²) in [7, 11) is 0. The van der Waals surface area contributed by atoms with Crippen molar-refractivity contribution in [3.8, 4) is 0 Å². The van der Waals surface area contributed by atoms with Crippen LogP contribution in [-0.2, 0) is 19.1 Å². The highest BCUT2D eigenvalue weighted by molar-refractivity contribution is 8.14. The number of halogens is 3. The summed E-state index contributed by atoms with van der Waals surface area (Å²) in [6.45, 7) is 6.69. The fourth-order valence-corrected chi connectivity index (χ4v) is 8.71. The highest BCUT2D eigenvalue weighted by Gasteiger charge is 2.78. The van der Waals surface area contributed by atoms with E-state index in [0.29, 0.717) is 6.42 Å². The maximum Gasteiger partial charge on any atom is 0.306 e. The Kier molecular flexibility index (Phi) is 6.39. The van der Waals surface area contributed by atoms with E-state index < -0.39 is 69.0 Å². The average Bonchev–Trinajstić information content (AvgIpc) is 2.99. The molecule has 0 spiro atoms. The Bertz CT molecular complexity index is 986. The Labute approximate surface area is 207 Å². The van der Waals surface area contributed by atoms with E-state index in [9.17, 15) is 19.5 Å². The van der Waals surface area contributed by atoms with E-state index in [2.05, 4.69) is 0 Å². The largest absolute Gasteiger partial charge is 0.449 e. The predicted molar refractivity (Wildman–Crippen MR) is 126 cm³/mol. The van der Waals surface area contributed by atoms with Crippen molar-refractivity contribution in [3.63, 3.8) is 0 Å². The molecule has 3 unspecified atom stereocenters. The number of hydrogen-bond acceptors (Lipinski definition) is 6. The van der Waals surface area contributed by atoms with E-state index in [1.165, 1.54) is 19.1 Å². The van der Waals surface area contributed by atoms with Crippen LogP contribution in [0.4, 0.5) is 8.78 Å². The standard InChI is InChI=1S/C25H31ClF2O5S/c1-5-20(31)33-25(21(32)34-12-26)13(2)8-15-16-10-18(27)17-9-14(29)6-7-22(17,3)24(16,28)19(30)11-23(15,25)4/h6-7,9,13,15-16,18-19,30H,5,8,10-12H2,1-4H3/t13-,15+,16?,18+,19+,22?,23?,24+,25+/m1/s1. The average molecular weight is 517 g/mol. The minimum absolute atomic E-state index is 0.0462. The van der Waals surface area contributed by atoms with Gasteiger partial charge in [-0.05, 0) is 49.8 Å². The third-order valence-corrected chi connectivity index (χ3v) is 10.2. The fourth-order valence-electron chi connectivity index (χ4n) is 7.63. The Hall–Kier alpha value is -1.25. The smallest absolute Gasteiger partial charge is 0.306 e. The molecule has 0 heterocycles. The second-order valence-electron chi connectivity index (χ2n) is 10.6. The van der Waals surface area contributed by atoms with Crippen LogP contribution in [-0.4, -0.2) is 50.7 Å². The number of hydrogen-bond donors (Lipinski definition) is 1. The van der Waals surface area contributed by atoms with Crippen molar-refractivity contribution in [2.24, 2.45) is 28.6 Å². The van der Waals surface area contributed by atoms with Gasteiger partial charge in [-0.15, -0.1) is 11.6 Å². The van der Waals surface area contributed by atoms with Gasteiger partial charge in [-0.1, -0.05) is 38.6 Å². The minimum Gasteiger partial charge on any atom is -0.449 e. The van der Waals surface area contributed by atoms with Crippen molar-refractivity contribution in [1.82, 2.24) is 0 Å². The highest BCUT2D eigenvalue weighted by Crippen LogP contribution is 2.72. The van der Waals surface area contributed by atoms with Gasteiger partial charge in [0.1, 0.15) is 6.17 Å². The molecule has 0 aromatic rings. The van der Waals surface area contributed by atoms with Gasteiger partial charge in [-0.25, -0.2) is 8.78 Å². The first kappa shape index (κ1) is 25.8. The second kappa shape index (κ2) is 8.41. The van der Waals surface area contributed by atoms with Crippen molar-refractivity contribution in [3.05, 3.63) is 23.8 Å². The van der Waals surface area contributed by atoms with E-state index in [-0.39, 0.29) is 30.0 Å². The molecule has 0 bridgehead atoms. The summed E-state index contributed by atoms with van der Waals surface area (Å²) in [5, 5.41) is 11.0. The van der Waals surface area contributed by atoms with E-state index in [4.69, 9.17) is 16.3 Å². The molecule has 0 amide bonds. The molecule has 3 fully saturated rings. The van der Waals surface area contributed by atoms with Crippen molar-refractivity contribution in [1.29, 1.82) is 0 Å². The topological polar surface area (TPSA) is 80.7 Å². The summed E-state index contributed by atoms with van der Waals surface area (Å²) < 4.78 is 38.7. The number of ketones is 1. The molecule has 9 heteroatoms. The third kappa shape index (κ3) is 3.10. The SMILES string of the molecule is CCC(=O)O[C@]1(C(=O)SCCl)[C@H](C)C[C@H]2C3C[C@H](F)C4=CC(=O)C=CC4(C)[C@@]3(F)[C@@H](O)CC21C. The van der Waals surface area contributed by atoms with Crippen molar-refractivity contribution < 1.29 is 33.0 Å². The lowest BCUT2D eigenvalue weighted by Crippen LogP contribution is -2.70. The molecule has 0 aliphatic heterocycles. The first-order chi connectivity index (χ1) is 15.8. The maximum absolute atomic E-state index is 17.3. The number of carbonyl (C=O) groups is 3. The number of allylic oxidation sites excluding steroid dienone is 4. The Morgan fingerprint density at radius 1 is 1.29 bits per heavy atom. The van der Waals surface area contributed by atoms with Crippen LogP contribution < -0.4 is 0 Å². The Balaban J connectivity index is 1.87. The quantitative estimate of drug-likeness (QED) is 0.431. The van der Waals surface area contributed by atoms with Gasteiger partial charge in [0.2, 0.25) is 5.12 Å². The van der Waals surface area contributed by atoms with Crippen molar-refractivity contribution in [2.75, 3.05) is 5.21 Å². The summed E-state index contributed by atoms with van der Waals surface area (Å²) >= 11 is 6.69. The fraction of sp³-hybridized carbons (Fsp3) is 0.720.